The van der Waals surface area contributed by atoms with Gasteiger partial charge in [0.05, 0.1) is 0 Å². The van der Waals surface area contributed by atoms with Gasteiger partial charge in [0.2, 0.25) is 0 Å². The number of allylic oxidation sites excluding steroid dienone is 1. The number of ether oxygens (including phenoxy) is 2. The first-order chi connectivity index (χ1) is 10.2. The van der Waals surface area contributed by atoms with Crippen LogP contribution in [0.5, 0.6) is 0 Å². The van der Waals surface area contributed by atoms with Crippen LogP contribution in [0.15, 0.2) is 12.3 Å². The Morgan fingerprint density at radius 1 is 0.905 bits per heavy atom. The molecule has 1 atom stereocenters. The minimum atomic E-state index is -2.09. The van der Waals surface area contributed by atoms with E-state index in [0.717, 1.165) is 3.93 Å². The van der Waals surface area contributed by atoms with E-state index in [1.165, 1.54) is 38.5 Å². The Bertz CT molecular complexity index is 232. The third-order valence-corrected chi connectivity index (χ3v) is 22.3. The molecule has 2 nitrogen and oxygen atoms in total. The molecule has 0 heterocycles. The van der Waals surface area contributed by atoms with Crippen LogP contribution in [0.4, 0.5) is 0 Å². The van der Waals surface area contributed by atoms with Crippen molar-refractivity contribution in [3.05, 3.63) is 12.3 Å². The predicted molar refractivity (Wildman–Crippen MR) is 96.4 cm³/mol. The average Bonchev–Trinajstić information content (AvgIpc) is 2.51. The zero-order chi connectivity index (χ0) is 16.0. The van der Waals surface area contributed by atoms with E-state index in [2.05, 4.69) is 33.8 Å². The molecule has 0 aromatic rings. The molecule has 0 aliphatic rings. The Morgan fingerprint density at radius 3 is 1.76 bits per heavy atom. The Balaban J connectivity index is 4.85. The van der Waals surface area contributed by atoms with Gasteiger partial charge in [-0.15, -0.1) is 0 Å². The Morgan fingerprint density at radius 2 is 1.38 bits per heavy atom. The van der Waals surface area contributed by atoms with Crippen LogP contribution in [0.25, 0.3) is 0 Å². The molecular weight excluding hydrogens is 367 g/mol. The molecule has 0 saturated heterocycles. The fourth-order valence-corrected chi connectivity index (χ4v) is 19.6. The van der Waals surface area contributed by atoms with E-state index in [1.54, 1.807) is 20.4 Å². The first-order valence-electron chi connectivity index (χ1n) is 8.94. The summed E-state index contributed by atoms with van der Waals surface area (Å²) in [6.45, 7) is 9.82. The van der Waals surface area contributed by atoms with Gasteiger partial charge in [-0.05, 0) is 0 Å². The van der Waals surface area contributed by atoms with Crippen molar-refractivity contribution < 1.29 is 9.47 Å². The average molecular weight is 405 g/mol. The molecule has 0 fully saturated rings. The molecule has 0 rings (SSSR count). The zero-order valence-electron chi connectivity index (χ0n) is 15.1. The molecule has 0 saturated carbocycles. The van der Waals surface area contributed by atoms with E-state index in [4.69, 9.17) is 9.47 Å². The van der Waals surface area contributed by atoms with E-state index in [-0.39, 0.29) is 0 Å². The Hall–Kier alpha value is 0.299. The van der Waals surface area contributed by atoms with Crippen molar-refractivity contribution in [2.24, 2.45) is 0 Å². The molecule has 0 radical (unpaired) electrons. The monoisotopic (exact) mass is 406 g/mol. The van der Waals surface area contributed by atoms with Crippen molar-refractivity contribution in [1.29, 1.82) is 0 Å². The summed E-state index contributed by atoms with van der Waals surface area (Å²) in [5.41, 5.74) is 0. The van der Waals surface area contributed by atoms with Crippen LogP contribution in [-0.2, 0) is 9.47 Å². The van der Waals surface area contributed by atoms with Crippen LogP contribution in [0, 0.1) is 0 Å². The summed E-state index contributed by atoms with van der Waals surface area (Å²) in [6.07, 6.45) is 12.6. The summed E-state index contributed by atoms with van der Waals surface area (Å²) in [5.74, 6) is 0. The standard InChI is InChI=1S/C6H11O2.3C4H9.Sn/c1-3-4-5-8-6-7-2;3*1-3-4-2;/h3-5H,6H2,1-2H3;3*1,3-4H2,2H3;. The van der Waals surface area contributed by atoms with Gasteiger partial charge in [0.15, 0.2) is 0 Å². The number of hydrogen-bond donors (Lipinski definition) is 0. The fraction of sp³-hybridized carbons (Fsp3) is 0.889. The molecule has 0 aromatic carbocycles. The van der Waals surface area contributed by atoms with E-state index in [1.807, 2.05) is 6.26 Å². The quantitative estimate of drug-likeness (QED) is 0.145. The van der Waals surface area contributed by atoms with Crippen LogP contribution >= 0.6 is 0 Å². The van der Waals surface area contributed by atoms with Crippen LogP contribution in [0.2, 0.25) is 17.2 Å². The van der Waals surface area contributed by atoms with Crippen molar-refractivity contribution in [3.8, 4) is 0 Å². The molecule has 0 aromatic heterocycles. The van der Waals surface area contributed by atoms with E-state index >= 15 is 0 Å². The van der Waals surface area contributed by atoms with Gasteiger partial charge in [-0.25, -0.2) is 0 Å². The first-order valence-corrected chi connectivity index (χ1v) is 16.6. The molecule has 1 unspecified atom stereocenters. The number of hydrogen-bond acceptors (Lipinski definition) is 2. The summed E-state index contributed by atoms with van der Waals surface area (Å²) in [5, 5.41) is 0. The number of rotatable bonds is 14. The van der Waals surface area contributed by atoms with Gasteiger partial charge in [-0.3, -0.25) is 0 Å². The molecule has 126 valence electrons. The number of unbranched alkanes of at least 4 members (excludes halogenated alkanes) is 3. The molecule has 0 spiro atoms. The molecule has 0 aliphatic heterocycles. The molecule has 0 bridgehead atoms. The van der Waals surface area contributed by atoms with Crippen molar-refractivity contribution in [1.82, 2.24) is 0 Å². The molecule has 0 N–H and O–H groups in total. The maximum atomic E-state index is 5.39. The predicted octanol–water partition coefficient (Wildman–Crippen LogP) is 6.36. The minimum absolute atomic E-state index is 0.366. The van der Waals surface area contributed by atoms with Gasteiger partial charge in [-0.2, -0.15) is 0 Å². The normalized spacial score (nSPS) is 13.8. The van der Waals surface area contributed by atoms with Gasteiger partial charge < -0.3 is 0 Å². The summed E-state index contributed by atoms with van der Waals surface area (Å²) in [7, 11) is 1.67. The van der Waals surface area contributed by atoms with Crippen LogP contribution in [0.1, 0.15) is 66.2 Å². The van der Waals surface area contributed by atoms with Crippen molar-refractivity contribution in [3.63, 3.8) is 0 Å². The van der Waals surface area contributed by atoms with Gasteiger partial charge in [0.1, 0.15) is 0 Å². The second-order valence-electron chi connectivity index (χ2n) is 6.36. The van der Waals surface area contributed by atoms with Gasteiger partial charge in [-0.1, -0.05) is 0 Å². The van der Waals surface area contributed by atoms with E-state index in [0.29, 0.717) is 6.79 Å². The molecular formula is C18H38O2Sn. The van der Waals surface area contributed by atoms with Crippen LogP contribution in [-0.4, -0.2) is 32.3 Å². The summed E-state index contributed by atoms with van der Waals surface area (Å²) in [4.78, 5) is 0. The van der Waals surface area contributed by atoms with Crippen LogP contribution in [0.3, 0.4) is 0 Å². The molecule has 3 heteroatoms. The van der Waals surface area contributed by atoms with Crippen molar-refractivity contribution in [2.45, 2.75) is 83.5 Å². The fourth-order valence-electron chi connectivity index (χ4n) is 3.13. The second-order valence-corrected chi connectivity index (χ2v) is 21.0. The third kappa shape index (κ3) is 9.12. The summed E-state index contributed by atoms with van der Waals surface area (Å²) >= 11 is -2.09. The van der Waals surface area contributed by atoms with Gasteiger partial charge in [0, 0.05) is 0 Å². The Labute approximate surface area is 137 Å². The van der Waals surface area contributed by atoms with Crippen molar-refractivity contribution in [2.75, 3.05) is 13.9 Å². The molecule has 21 heavy (non-hydrogen) atoms. The molecule has 0 aliphatic carbocycles. The summed E-state index contributed by atoms with van der Waals surface area (Å²) < 4.78 is 15.8. The SMILES string of the molecule is CCC[CH2][Sn]([CH2]CCC)([CH2]CCC)[CH](C)C=COCOC. The maximum absolute atomic E-state index is 5.39. The zero-order valence-corrected chi connectivity index (χ0v) is 18.0. The second kappa shape index (κ2) is 13.9. The van der Waals surface area contributed by atoms with Gasteiger partial charge >= 0.3 is 138 Å². The summed E-state index contributed by atoms with van der Waals surface area (Å²) in [6, 6.07) is 0. The first kappa shape index (κ1) is 21.3. The topological polar surface area (TPSA) is 18.5 Å². The van der Waals surface area contributed by atoms with E-state index in [9.17, 15) is 0 Å². The van der Waals surface area contributed by atoms with E-state index < -0.39 is 18.4 Å². The van der Waals surface area contributed by atoms with Crippen LogP contribution < -0.4 is 0 Å². The third-order valence-electron chi connectivity index (χ3n) is 4.70. The Kier molecular flexibility index (Phi) is 14.1. The number of methoxy groups -OCH3 is 1. The molecule has 0 amide bonds. The van der Waals surface area contributed by atoms with Crippen molar-refractivity contribution >= 4 is 18.4 Å². The van der Waals surface area contributed by atoms with Gasteiger partial charge in [0.25, 0.3) is 0 Å².